The fourth-order valence-corrected chi connectivity index (χ4v) is 3.30. The average molecular weight is 364 g/mol. The van der Waals surface area contributed by atoms with E-state index >= 15 is 0 Å². The molecule has 2 aromatic carbocycles. The number of anilines is 1. The number of nitrogens with zero attached hydrogens (tertiary/aromatic N) is 2. The monoisotopic (exact) mass is 364 g/mol. The van der Waals surface area contributed by atoms with E-state index in [1.165, 1.54) is 18.4 Å². The number of carbonyl (C=O) groups is 1. The summed E-state index contributed by atoms with van der Waals surface area (Å²) in [5.41, 5.74) is 5.70. The van der Waals surface area contributed by atoms with Crippen LogP contribution in [0.1, 0.15) is 11.7 Å². The molecule has 2 heterocycles. The van der Waals surface area contributed by atoms with Crippen LogP contribution < -0.4 is 5.32 Å². The molecule has 0 radical (unpaired) electrons. The summed E-state index contributed by atoms with van der Waals surface area (Å²) in [5, 5.41) is 4.84. The number of thiazole rings is 1. The zero-order valence-electron chi connectivity index (χ0n) is 14.0. The van der Waals surface area contributed by atoms with Gasteiger partial charge in [-0.15, -0.1) is 11.3 Å². The molecule has 0 fully saturated rings. The topological polar surface area (TPSA) is 79.9 Å². The van der Waals surface area contributed by atoms with E-state index in [4.69, 9.17) is 4.74 Å². The number of benzene rings is 2. The van der Waals surface area contributed by atoms with Crippen molar-refractivity contribution in [1.82, 2.24) is 15.0 Å². The molecule has 4 rings (SSSR count). The summed E-state index contributed by atoms with van der Waals surface area (Å²) in [7, 11) is 1.52. The molecule has 130 valence electrons. The second-order valence-corrected chi connectivity index (χ2v) is 6.43. The molecular weight excluding hydrogens is 348 g/mol. The highest BCUT2D eigenvalue weighted by Crippen LogP contribution is 2.24. The predicted molar refractivity (Wildman–Crippen MR) is 102 cm³/mol. The van der Waals surface area contributed by atoms with Crippen molar-refractivity contribution in [1.29, 1.82) is 0 Å². The van der Waals surface area contributed by atoms with E-state index in [0.29, 0.717) is 11.5 Å². The molecule has 0 bridgehead atoms. The number of fused-ring (bicyclic) bond motifs is 1. The standard InChI is InChI=1S/C19H16N4O2S/c1-25-17(12-5-3-2-4-6-12)19(24)21-13-7-8-14-15(9-13)23-18(22-14)16-10-26-11-20-16/h2-11,17H,1H3,(H,21,24)(H,22,23). The van der Waals surface area contributed by atoms with Crippen molar-refractivity contribution >= 4 is 34.0 Å². The number of aromatic nitrogens is 3. The molecule has 7 heteroatoms. The maximum absolute atomic E-state index is 12.6. The first-order valence-electron chi connectivity index (χ1n) is 8.01. The summed E-state index contributed by atoms with van der Waals surface area (Å²) in [4.78, 5) is 24.6. The molecule has 1 amide bonds. The summed E-state index contributed by atoms with van der Waals surface area (Å²) in [6, 6.07) is 14.9. The van der Waals surface area contributed by atoms with Gasteiger partial charge < -0.3 is 15.0 Å². The smallest absolute Gasteiger partial charge is 0.258 e. The summed E-state index contributed by atoms with van der Waals surface area (Å²) in [6.07, 6.45) is -0.667. The number of carbonyl (C=O) groups excluding carboxylic acids is 1. The molecule has 26 heavy (non-hydrogen) atoms. The molecule has 1 unspecified atom stereocenters. The first-order chi connectivity index (χ1) is 12.7. The molecule has 1 atom stereocenters. The van der Waals surface area contributed by atoms with Crippen LogP contribution in [-0.4, -0.2) is 28.0 Å². The first kappa shape index (κ1) is 16.4. The van der Waals surface area contributed by atoms with Gasteiger partial charge in [-0.1, -0.05) is 30.3 Å². The minimum absolute atomic E-state index is 0.225. The van der Waals surface area contributed by atoms with Gasteiger partial charge in [-0.25, -0.2) is 9.97 Å². The average Bonchev–Trinajstić information content (AvgIpc) is 3.32. The van der Waals surface area contributed by atoms with Crippen LogP contribution in [0.4, 0.5) is 5.69 Å². The number of imidazole rings is 1. The van der Waals surface area contributed by atoms with Crippen LogP contribution in [-0.2, 0) is 9.53 Å². The van der Waals surface area contributed by atoms with Gasteiger partial charge in [-0.2, -0.15) is 0 Å². The molecule has 0 spiro atoms. The van der Waals surface area contributed by atoms with Gasteiger partial charge in [0, 0.05) is 18.2 Å². The Labute approximate surface area is 153 Å². The Morgan fingerprint density at radius 1 is 1.23 bits per heavy atom. The van der Waals surface area contributed by atoms with E-state index in [1.807, 2.05) is 53.9 Å². The highest BCUT2D eigenvalue weighted by Gasteiger charge is 2.20. The van der Waals surface area contributed by atoms with E-state index in [-0.39, 0.29) is 5.91 Å². The first-order valence-corrected chi connectivity index (χ1v) is 8.96. The van der Waals surface area contributed by atoms with Crippen LogP contribution in [0.2, 0.25) is 0 Å². The highest BCUT2D eigenvalue weighted by molar-refractivity contribution is 7.07. The number of amides is 1. The molecule has 2 N–H and O–H groups in total. The van der Waals surface area contributed by atoms with Gasteiger partial charge in [-0.3, -0.25) is 4.79 Å². The van der Waals surface area contributed by atoms with E-state index in [9.17, 15) is 4.79 Å². The lowest BCUT2D eigenvalue weighted by molar-refractivity contribution is -0.126. The van der Waals surface area contributed by atoms with E-state index in [1.54, 1.807) is 5.51 Å². The van der Waals surface area contributed by atoms with Crippen LogP contribution in [0.5, 0.6) is 0 Å². The van der Waals surface area contributed by atoms with Crippen molar-refractivity contribution in [2.75, 3.05) is 12.4 Å². The largest absolute Gasteiger partial charge is 0.367 e. The van der Waals surface area contributed by atoms with Crippen LogP contribution >= 0.6 is 11.3 Å². The third-order valence-corrected chi connectivity index (χ3v) is 4.59. The number of ether oxygens (including phenoxy) is 1. The molecule has 0 aliphatic heterocycles. The number of methoxy groups -OCH3 is 1. The van der Waals surface area contributed by atoms with Crippen LogP contribution in [0.15, 0.2) is 59.4 Å². The Hall–Kier alpha value is -3.03. The zero-order chi connectivity index (χ0) is 17.9. The maximum Gasteiger partial charge on any atom is 0.258 e. The second kappa shape index (κ2) is 7.07. The third kappa shape index (κ3) is 3.22. The number of hydrogen-bond donors (Lipinski definition) is 2. The van der Waals surface area contributed by atoms with Gasteiger partial charge in [-0.05, 0) is 23.8 Å². The molecule has 0 saturated heterocycles. The summed E-state index contributed by atoms with van der Waals surface area (Å²) in [6.45, 7) is 0. The van der Waals surface area contributed by atoms with Crippen molar-refractivity contribution in [3.05, 3.63) is 65.0 Å². The van der Waals surface area contributed by atoms with Gasteiger partial charge in [0.15, 0.2) is 11.9 Å². The Morgan fingerprint density at radius 3 is 2.81 bits per heavy atom. The zero-order valence-corrected chi connectivity index (χ0v) is 14.8. The molecule has 0 aliphatic rings. The van der Waals surface area contributed by atoms with Gasteiger partial charge in [0.25, 0.3) is 5.91 Å². The molecule has 2 aromatic heterocycles. The van der Waals surface area contributed by atoms with Gasteiger partial charge in [0.2, 0.25) is 0 Å². The predicted octanol–water partition coefficient (Wildman–Crippen LogP) is 4.01. The Morgan fingerprint density at radius 2 is 2.08 bits per heavy atom. The normalized spacial score (nSPS) is 12.2. The quantitative estimate of drug-likeness (QED) is 0.561. The number of aromatic amines is 1. The minimum atomic E-state index is -0.667. The summed E-state index contributed by atoms with van der Waals surface area (Å²) >= 11 is 1.52. The number of hydrogen-bond acceptors (Lipinski definition) is 5. The fraction of sp³-hybridized carbons (Fsp3) is 0.105. The van der Waals surface area contributed by atoms with Gasteiger partial charge in [0.1, 0.15) is 5.69 Å². The van der Waals surface area contributed by atoms with Crippen molar-refractivity contribution in [3.8, 4) is 11.5 Å². The lowest BCUT2D eigenvalue weighted by atomic mass is 10.1. The second-order valence-electron chi connectivity index (χ2n) is 5.71. The van der Waals surface area contributed by atoms with Crippen LogP contribution in [0, 0.1) is 0 Å². The molecule has 4 aromatic rings. The summed E-state index contributed by atoms with van der Waals surface area (Å²) in [5.74, 6) is 0.487. The van der Waals surface area contributed by atoms with E-state index in [0.717, 1.165) is 22.3 Å². The van der Waals surface area contributed by atoms with E-state index in [2.05, 4.69) is 20.3 Å². The van der Waals surface area contributed by atoms with E-state index < -0.39 is 6.10 Å². The lowest BCUT2D eigenvalue weighted by Crippen LogP contribution is -2.22. The molecular formula is C19H16N4O2S. The molecule has 0 saturated carbocycles. The van der Waals surface area contributed by atoms with Crippen molar-refractivity contribution in [2.45, 2.75) is 6.10 Å². The van der Waals surface area contributed by atoms with Crippen molar-refractivity contribution in [3.63, 3.8) is 0 Å². The Kier molecular flexibility index (Phi) is 4.47. The lowest BCUT2D eigenvalue weighted by Gasteiger charge is -2.15. The maximum atomic E-state index is 12.6. The van der Waals surface area contributed by atoms with Gasteiger partial charge >= 0.3 is 0 Å². The van der Waals surface area contributed by atoms with Crippen molar-refractivity contribution in [2.24, 2.45) is 0 Å². The summed E-state index contributed by atoms with van der Waals surface area (Å²) < 4.78 is 5.37. The SMILES string of the molecule is COC(C(=O)Nc1ccc2nc(-c3cscn3)[nH]c2c1)c1ccccc1. The molecule has 6 nitrogen and oxygen atoms in total. The Bertz CT molecular complexity index is 1030. The number of H-pyrrole nitrogens is 1. The van der Waals surface area contributed by atoms with Crippen molar-refractivity contribution < 1.29 is 9.53 Å². The van der Waals surface area contributed by atoms with Crippen LogP contribution in [0.25, 0.3) is 22.6 Å². The third-order valence-electron chi connectivity index (χ3n) is 4.00. The molecule has 0 aliphatic carbocycles. The van der Waals surface area contributed by atoms with Crippen LogP contribution in [0.3, 0.4) is 0 Å². The minimum Gasteiger partial charge on any atom is -0.367 e. The Balaban J connectivity index is 1.57. The fourth-order valence-electron chi connectivity index (χ4n) is 2.77. The van der Waals surface area contributed by atoms with Gasteiger partial charge in [0.05, 0.1) is 16.5 Å². The number of nitrogens with one attached hydrogen (secondary N) is 2. The number of rotatable bonds is 5. The highest BCUT2D eigenvalue weighted by atomic mass is 32.1.